The molecule has 0 bridgehead atoms. The summed E-state index contributed by atoms with van der Waals surface area (Å²) in [5, 5.41) is 4.37. The average Bonchev–Trinajstić information content (AvgIpc) is 2.04. The van der Waals surface area contributed by atoms with Gasteiger partial charge in [-0.15, -0.1) is 0 Å². The maximum absolute atomic E-state index is 10.3. The van der Waals surface area contributed by atoms with E-state index in [0.717, 1.165) is 0 Å². The number of carbonyl (C=O) groups excluding carboxylic acids is 2. The second-order valence-corrected chi connectivity index (χ2v) is 1.48. The molecule has 0 radical (unpaired) electrons. The van der Waals surface area contributed by atoms with Crippen LogP contribution in [0, 0.1) is 0 Å². The van der Waals surface area contributed by atoms with Crippen LogP contribution < -0.4 is 10.6 Å². The van der Waals surface area contributed by atoms with Crippen molar-refractivity contribution in [3.8, 4) is 0 Å². The number of nitrogens with one attached hydrogen (secondary N) is 2. The molecule has 0 aromatic carbocycles. The molecule has 6 heteroatoms. The van der Waals surface area contributed by atoms with Gasteiger partial charge in [-0.05, 0) is 0 Å². The van der Waals surface area contributed by atoms with E-state index in [1.54, 1.807) is 0 Å². The maximum atomic E-state index is 10.3. The number of hydrogen-bond acceptors (Lipinski definition) is 4. The van der Waals surface area contributed by atoms with E-state index in [0.29, 0.717) is 0 Å². The Balaban J connectivity index is 3.27. The first-order chi connectivity index (χ1) is 5.20. The highest BCUT2D eigenvalue weighted by Crippen LogP contribution is 1.79. The summed E-state index contributed by atoms with van der Waals surface area (Å²) in [6, 6.07) is 0. The Morgan fingerprint density at radius 1 is 1.09 bits per heavy atom. The molecular formula is C5H10N2O4. The van der Waals surface area contributed by atoms with Crippen molar-refractivity contribution in [3.63, 3.8) is 0 Å². The van der Waals surface area contributed by atoms with Crippen LogP contribution in [-0.2, 0) is 9.47 Å². The smallest absolute Gasteiger partial charge is 0.409 e. The topological polar surface area (TPSA) is 76.7 Å². The monoisotopic (exact) mass is 162 g/mol. The third-order valence-corrected chi connectivity index (χ3v) is 0.788. The number of alkyl carbamates (subject to hydrolysis) is 2. The van der Waals surface area contributed by atoms with Gasteiger partial charge in [0.25, 0.3) is 0 Å². The van der Waals surface area contributed by atoms with Gasteiger partial charge in [0.05, 0.1) is 0 Å². The first kappa shape index (κ1) is 9.54. The lowest BCUT2D eigenvalue weighted by Gasteiger charge is -2.03. The van der Waals surface area contributed by atoms with Crippen LogP contribution in [0.2, 0.25) is 0 Å². The molecule has 0 fully saturated rings. The number of hydrogen-bond donors (Lipinski definition) is 2. The van der Waals surface area contributed by atoms with Crippen molar-refractivity contribution in [1.29, 1.82) is 0 Å². The van der Waals surface area contributed by atoms with Crippen molar-refractivity contribution in [2.24, 2.45) is 0 Å². The average molecular weight is 162 g/mol. The van der Waals surface area contributed by atoms with E-state index >= 15 is 0 Å². The van der Waals surface area contributed by atoms with Crippen molar-refractivity contribution >= 4 is 12.2 Å². The first-order valence-corrected chi connectivity index (χ1v) is 2.89. The number of ether oxygens (including phenoxy) is 2. The lowest BCUT2D eigenvalue weighted by Crippen LogP contribution is -2.25. The molecule has 0 aliphatic heterocycles. The number of rotatable bonds is 2. The predicted molar refractivity (Wildman–Crippen MR) is 35.9 cm³/mol. The fourth-order valence-electron chi connectivity index (χ4n) is 0.281. The van der Waals surface area contributed by atoms with E-state index in [1.807, 2.05) is 0 Å². The highest BCUT2D eigenvalue weighted by Gasteiger charge is 1.99. The number of carbonyl (C=O) groups is 2. The van der Waals surface area contributed by atoms with Gasteiger partial charge in [0.15, 0.2) is 0 Å². The third kappa shape index (κ3) is 5.01. The van der Waals surface area contributed by atoms with E-state index < -0.39 is 12.2 Å². The summed E-state index contributed by atoms with van der Waals surface area (Å²) in [6.07, 6.45) is -1.29. The molecular weight excluding hydrogens is 152 g/mol. The summed E-state index contributed by atoms with van der Waals surface area (Å²) >= 11 is 0. The molecule has 0 aromatic rings. The van der Waals surface area contributed by atoms with Gasteiger partial charge in [0.2, 0.25) is 6.79 Å². The fraction of sp³-hybridized carbons (Fsp3) is 0.600. The second-order valence-electron chi connectivity index (χ2n) is 1.48. The summed E-state index contributed by atoms with van der Waals surface area (Å²) in [6.45, 7) is -0.390. The van der Waals surface area contributed by atoms with Gasteiger partial charge in [-0.2, -0.15) is 0 Å². The summed E-state index contributed by atoms with van der Waals surface area (Å²) in [7, 11) is 2.81. The minimum absolute atomic E-state index is 0.390. The zero-order chi connectivity index (χ0) is 8.69. The molecule has 0 heterocycles. The molecule has 6 nitrogen and oxygen atoms in total. The van der Waals surface area contributed by atoms with Crippen molar-refractivity contribution in [2.75, 3.05) is 20.9 Å². The fourth-order valence-corrected chi connectivity index (χ4v) is 0.281. The predicted octanol–water partition coefficient (Wildman–Crippen LogP) is -0.344. The van der Waals surface area contributed by atoms with E-state index in [1.165, 1.54) is 14.1 Å². The largest absolute Gasteiger partial charge is 0.412 e. The number of amides is 2. The highest BCUT2D eigenvalue weighted by atomic mass is 16.7. The van der Waals surface area contributed by atoms with Gasteiger partial charge < -0.3 is 20.1 Å². The van der Waals surface area contributed by atoms with E-state index in [9.17, 15) is 9.59 Å². The minimum atomic E-state index is -0.645. The molecule has 0 aliphatic carbocycles. The van der Waals surface area contributed by atoms with Crippen LogP contribution in [0.1, 0.15) is 0 Å². The van der Waals surface area contributed by atoms with Crippen LogP contribution in [0.15, 0.2) is 0 Å². The molecule has 64 valence electrons. The van der Waals surface area contributed by atoms with Gasteiger partial charge in [-0.3, -0.25) is 0 Å². The van der Waals surface area contributed by atoms with Crippen molar-refractivity contribution < 1.29 is 19.1 Å². The summed E-state index contributed by atoms with van der Waals surface area (Å²) < 4.78 is 8.66. The highest BCUT2D eigenvalue weighted by molar-refractivity contribution is 5.68. The summed E-state index contributed by atoms with van der Waals surface area (Å²) in [5.74, 6) is 0. The Hall–Kier alpha value is -1.46. The van der Waals surface area contributed by atoms with E-state index in [4.69, 9.17) is 0 Å². The molecule has 0 atom stereocenters. The Morgan fingerprint density at radius 3 is 1.73 bits per heavy atom. The summed E-state index contributed by atoms with van der Waals surface area (Å²) in [4.78, 5) is 20.7. The molecule has 0 saturated heterocycles. The quantitative estimate of drug-likeness (QED) is 0.544. The van der Waals surface area contributed by atoms with Gasteiger partial charge in [0.1, 0.15) is 0 Å². The molecule has 2 N–H and O–H groups in total. The zero-order valence-corrected chi connectivity index (χ0v) is 6.34. The van der Waals surface area contributed by atoms with Crippen molar-refractivity contribution in [3.05, 3.63) is 0 Å². The van der Waals surface area contributed by atoms with Crippen LogP contribution in [0.5, 0.6) is 0 Å². The molecule has 11 heavy (non-hydrogen) atoms. The van der Waals surface area contributed by atoms with Crippen molar-refractivity contribution in [1.82, 2.24) is 10.6 Å². The third-order valence-electron chi connectivity index (χ3n) is 0.788. The lowest BCUT2D eigenvalue weighted by molar-refractivity contribution is 0.0260. The van der Waals surface area contributed by atoms with Crippen LogP contribution in [0.25, 0.3) is 0 Å². The molecule has 0 unspecified atom stereocenters. The van der Waals surface area contributed by atoms with Crippen LogP contribution in [0.4, 0.5) is 9.59 Å². The second kappa shape index (κ2) is 5.33. The molecule has 2 amide bonds. The van der Waals surface area contributed by atoms with Gasteiger partial charge in [-0.1, -0.05) is 0 Å². The minimum Gasteiger partial charge on any atom is -0.412 e. The Morgan fingerprint density at radius 2 is 1.45 bits per heavy atom. The van der Waals surface area contributed by atoms with Crippen LogP contribution >= 0.6 is 0 Å². The first-order valence-electron chi connectivity index (χ1n) is 2.89. The molecule has 0 rings (SSSR count). The Labute approximate surface area is 63.8 Å². The molecule has 0 aromatic heterocycles. The van der Waals surface area contributed by atoms with Crippen LogP contribution in [-0.4, -0.2) is 33.1 Å². The van der Waals surface area contributed by atoms with E-state index in [2.05, 4.69) is 20.1 Å². The normalized spacial score (nSPS) is 8.18. The van der Waals surface area contributed by atoms with Crippen LogP contribution in [0.3, 0.4) is 0 Å². The zero-order valence-electron chi connectivity index (χ0n) is 6.34. The van der Waals surface area contributed by atoms with Gasteiger partial charge >= 0.3 is 12.2 Å². The molecule has 0 spiro atoms. The van der Waals surface area contributed by atoms with Gasteiger partial charge in [-0.25, -0.2) is 9.59 Å². The summed E-state index contributed by atoms with van der Waals surface area (Å²) in [5.41, 5.74) is 0. The van der Waals surface area contributed by atoms with Gasteiger partial charge in [0, 0.05) is 14.1 Å². The standard InChI is InChI=1S/C5H10N2O4/c1-6-4(8)10-3-11-5(9)7-2/h3H2,1-2H3,(H,6,8)(H,7,9). The SMILES string of the molecule is CNC(=O)OCOC(=O)NC. The lowest BCUT2D eigenvalue weighted by atomic mass is 11.0. The Kier molecular flexibility index (Phi) is 4.63. The van der Waals surface area contributed by atoms with E-state index in [-0.39, 0.29) is 6.79 Å². The Bertz CT molecular complexity index is 131. The molecule has 0 aliphatic rings. The van der Waals surface area contributed by atoms with Crippen molar-refractivity contribution in [2.45, 2.75) is 0 Å². The maximum Gasteiger partial charge on any atom is 0.409 e. The molecule has 0 saturated carbocycles.